The molecule has 0 aliphatic heterocycles. The fraction of sp³-hybridized carbons (Fsp3) is 0.429. The monoisotopic (exact) mass is 259 g/mol. The molecule has 1 aromatic heterocycles. The second-order valence-corrected chi connectivity index (χ2v) is 5.17. The van der Waals surface area contributed by atoms with Gasteiger partial charge in [-0.15, -0.1) is 0 Å². The Labute approximate surface area is 110 Å². The zero-order chi connectivity index (χ0) is 13.4. The Bertz CT molecular complexity index is 712. The van der Waals surface area contributed by atoms with Gasteiger partial charge in [-0.1, -0.05) is 12.5 Å². The third-order valence-electron chi connectivity index (χ3n) is 4.04. The fourth-order valence-corrected chi connectivity index (χ4v) is 2.77. The first-order valence-electron chi connectivity index (χ1n) is 6.62. The molecular formula is C14H17N3O2. The van der Waals surface area contributed by atoms with Crippen LogP contribution in [-0.2, 0) is 0 Å². The maximum atomic E-state index is 11.4. The van der Waals surface area contributed by atoms with E-state index in [2.05, 4.69) is 15.3 Å². The summed E-state index contributed by atoms with van der Waals surface area (Å²) >= 11 is 0. The molecule has 1 aliphatic carbocycles. The summed E-state index contributed by atoms with van der Waals surface area (Å²) < 4.78 is 0. The number of aromatic nitrogens is 2. The molecule has 3 N–H and O–H groups in total. The number of benzene rings is 1. The van der Waals surface area contributed by atoms with Crippen LogP contribution in [0.15, 0.2) is 27.8 Å². The SMILES string of the molecule is CNC(c1ccc2[nH]c(=O)c(=O)[nH]c2c1)C1CCC1. The minimum absolute atomic E-state index is 0.314. The first-order chi connectivity index (χ1) is 9.19. The molecule has 5 heteroatoms. The number of nitrogens with one attached hydrogen (secondary N) is 3. The number of H-pyrrole nitrogens is 2. The van der Waals surface area contributed by atoms with Gasteiger partial charge in [-0.25, -0.2) is 0 Å². The Morgan fingerprint density at radius 2 is 1.84 bits per heavy atom. The van der Waals surface area contributed by atoms with E-state index in [0.29, 0.717) is 23.0 Å². The van der Waals surface area contributed by atoms with Gasteiger partial charge in [-0.2, -0.15) is 0 Å². The van der Waals surface area contributed by atoms with E-state index in [1.54, 1.807) is 0 Å². The van der Waals surface area contributed by atoms with Gasteiger partial charge in [0.1, 0.15) is 0 Å². The Kier molecular flexibility index (Phi) is 2.98. The van der Waals surface area contributed by atoms with Crippen LogP contribution in [0.2, 0.25) is 0 Å². The van der Waals surface area contributed by atoms with Gasteiger partial charge in [0.05, 0.1) is 11.0 Å². The second-order valence-electron chi connectivity index (χ2n) is 5.17. The predicted molar refractivity (Wildman–Crippen MR) is 74.3 cm³/mol. The molecule has 19 heavy (non-hydrogen) atoms. The molecule has 1 saturated carbocycles. The van der Waals surface area contributed by atoms with Gasteiger partial charge < -0.3 is 15.3 Å². The van der Waals surface area contributed by atoms with E-state index in [9.17, 15) is 9.59 Å². The number of rotatable bonds is 3. The van der Waals surface area contributed by atoms with Crippen LogP contribution in [0.4, 0.5) is 0 Å². The minimum Gasteiger partial charge on any atom is -0.316 e. The normalized spacial score (nSPS) is 17.3. The number of aromatic amines is 2. The summed E-state index contributed by atoms with van der Waals surface area (Å²) in [6, 6.07) is 6.13. The maximum Gasteiger partial charge on any atom is 0.314 e. The highest BCUT2D eigenvalue weighted by atomic mass is 16.2. The number of hydrogen-bond donors (Lipinski definition) is 3. The lowest BCUT2D eigenvalue weighted by atomic mass is 9.77. The zero-order valence-corrected chi connectivity index (χ0v) is 10.8. The smallest absolute Gasteiger partial charge is 0.314 e. The van der Waals surface area contributed by atoms with Crippen LogP contribution in [-0.4, -0.2) is 17.0 Å². The molecule has 0 radical (unpaired) electrons. The standard InChI is InChI=1S/C14H17N3O2/c1-15-12(8-3-2-4-8)9-5-6-10-11(7-9)17-14(19)13(18)16-10/h5-8,12,15H,2-4H2,1H3,(H,16,18)(H,17,19). The lowest BCUT2D eigenvalue weighted by molar-refractivity contribution is 0.239. The first kappa shape index (κ1) is 12.2. The summed E-state index contributed by atoms with van der Waals surface area (Å²) in [5.41, 5.74) is 1.29. The highest BCUT2D eigenvalue weighted by Crippen LogP contribution is 2.37. The van der Waals surface area contributed by atoms with Gasteiger partial charge >= 0.3 is 11.1 Å². The average Bonchev–Trinajstić information content (AvgIpc) is 2.34. The Hall–Kier alpha value is -1.88. The van der Waals surface area contributed by atoms with Crippen LogP contribution >= 0.6 is 0 Å². The van der Waals surface area contributed by atoms with Gasteiger partial charge in [-0.3, -0.25) is 9.59 Å². The summed E-state index contributed by atoms with van der Waals surface area (Å²) in [6.45, 7) is 0. The third-order valence-corrected chi connectivity index (χ3v) is 4.04. The van der Waals surface area contributed by atoms with Crippen molar-refractivity contribution in [1.82, 2.24) is 15.3 Å². The van der Waals surface area contributed by atoms with Gasteiger partial charge in [-0.05, 0) is 43.5 Å². The molecule has 1 fully saturated rings. The Morgan fingerprint density at radius 3 is 2.42 bits per heavy atom. The van der Waals surface area contributed by atoms with Crippen LogP contribution < -0.4 is 16.4 Å². The minimum atomic E-state index is -0.607. The predicted octanol–water partition coefficient (Wildman–Crippen LogP) is 1.28. The summed E-state index contributed by atoms with van der Waals surface area (Å²) in [5, 5.41) is 3.35. The zero-order valence-electron chi connectivity index (χ0n) is 10.8. The molecule has 100 valence electrons. The van der Waals surface area contributed by atoms with Gasteiger partial charge in [0, 0.05) is 6.04 Å². The molecule has 1 aliphatic rings. The molecule has 0 amide bonds. The van der Waals surface area contributed by atoms with Crippen molar-refractivity contribution in [3.8, 4) is 0 Å². The molecule has 0 spiro atoms. The van der Waals surface area contributed by atoms with Crippen molar-refractivity contribution in [2.24, 2.45) is 5.92 Å². The third kappa shape index (κ3) is 2.10. The van der Waals surface area contributed by atoms with Gasteiger partial charge in [0.25, 0.3) is 0 Å². The molecule has 1 heterocycles. The fourth-order valence-electron chi connectivity index (χ4n) is 2.77. The van der Waals surface area contributed by atoms with Crippen LogP contribution in [0.5, 0.6) is 0 Å². The summed E-state index contributed by atoms with van der Waals surface area (Å²) in [5.74, 6) is 0.664. The first-order valence-corrected chi connectivity index (χ1v) is 6.62. The lowest BCUT2D eigenvalue weighted by Crippen LogP contribution is -2.30. The maximum absolute atomic E-state index is 11.4. The Morgan fingerprint density at radius 1 is 1.16 bits per heavy atom. The molecule has 5 nitrogen and oxygen atoms in total. The van der Waals surface area contributed by atoms with Crippen molar-refractivity contribution < 1.29 is 0 Å². The van der Waals surface area contributed by atoms with Crippen molar-refractivity contribution in [1.29, 1.82) is 0 Å². The molecule has 1 unspecified atom stereocenters. The number of fused-ring (bicyclic) bond motifs is 1. The highest BCUT2D eigenvalue weighted by molar-refractivity contribution is 5.74. The van der Waals surface area contributed by atoms with Gasteiger partial charge in [0.2, 0.25) is 0 Å². The molecule has 0 saturated heterocycles. The van der Waals surface area contributed by atoms with Crippen molar-refractivity contribution in [3.05, 3.63) is 44.5 Å². The van der Waals surface area contributed by atoms with Crippen LogP contribution in [0, 0.1) is 5.92 Å². The number of hydrogen-bond acceptors (Lipinski definition) is 3. The summed E-state index contributed by atoms with van der Waals surface area (Å²) in [6.07, 6.45) is 3.78. The quantitative estimate of drug-likeness (QED) is 0.726. The van der Waals surface area contributed by atoms with Crippen LogP contribution in [0.1, 0.15) is 30.9 Å². The summed E-state index contributed by atoms with van der Waals surface area (Å²) in [4.78, 5) is 27.8. The van der Waals surface area contributed by atoms with E-state index >= 15 is 0 Å². The van der Waals surface area contributed by atoms with Crippen molar-refractivity contribution in [2.75, 3.05) is 7.05 Å². The van der Waals surface area contributed by atoms with Crippen molar-refractivity contribution >= 4 is 11.0 Å². The van der Waals surface area contributed by atoms with E-state index in [0.717, 1.165) is 5.56 Å². The molecule has 1 aromatic carbocycles. The van der Waals surface area contributed by atoms with Crippen LogP contribution in [0.25, 0.3) is 11.0 Å². The lowest BCUT2D eigenvalue weighted by Gasteiger charge is -2.34. The second kappa shape index (κ2) is 4.66. The van der Waals surface area contributed by atoms with E-state index in [4.69, 9.17) is 0 Å². The summed E-state index contributed by atoms with van der Waals surface area (Å²) in [7, 11) is 1.96. The average molecular weight is 259 g/mol. The van der Waals surface area contributed by atoms with Crippen molar-refractivity contribution in [2.45, 2.75) is 25.3 Å². The van der Waals surface area contributed by atoms with Crippen molar-refractivity contribution in [3.63, 3.8) is 0 Å². The molecule has 0 bridgehead atoms. The van der Waals surface area contributed by atoms with Gasteiger partial charge in [0.15, 0.2) is 0 Å². The molecule has 2 aromatic rings. The van der Waals surface area contributed by atoms with E-state index in [-0.39, 0.29) is 0 Å². The topological polar surface area (TPSA) is 77.8 Å². The highest BCUT2D eigenvalue weighted by Gasteiger charge is 2.27. The van der Waals surface area contributed by atoms with E-state index < -0.39 is 11.1 Å². The molecule has 1 atom stereocenters. The van der Waals surface area contributed by atoms with E-state index in [1.165, 1.54) is 19.3 Å². The van der Waals surface area contributed by atoms with E-state index in [1.807, 2.05) is 25.2 Å². The molecular weight excluding hydrogens is 242 g/mol. The largest absolute Gasteiger partial charge is 0.316 e. The Balaban J connectivity index is 2.07. The van der Waals surface area contributed by atoms with Crippen LogP contribution in [0.3, 0.4) is 0 Å². The molecule has 3 rings (SSSR count).